The van der Waals surface area contributed by atoms with Gasteiger partial charge in [0, 0.05) is 36.4 Å². The van der Waals surface area contributed by atoms with Crippen LogP contribution < -0.4 is 10.1 Å². The number of hydrogen-bond donors (Lipinski definition) is 2. The van der Waals surface area contributed by atoms with Gasteiger partial charge in [-0.15, -0.1) is 0 Å². The van der Waals surface area contributed by atoms with Crippen molar-refractivity contribution >= 4 is 22.8 Å². The molecule has 1 aromatic carbocycles. The summed E-state index contributed by atoms with van der Waals surface area (Å²) < 4.78 is 84.7. The molecule has 286 valence electrons. The Morgan fingerprint density at radius 3 is 2.25 bits per heavy atom. The maximum Gasteiger partial charge on any atom is 0.434 e. The molecule has 6 aliphatic rings. The van der Waals surface area contributed by atoms with Crippen molar-refractivity contribution in [1.29, 1.82) is 0 Å². The number of methoxy groups -OCH3 is 1. The molecule has 3 aromatic rings. The highest BCUT2D eigenvalue weighted by Crippen LogP contribution is 2.58. The topological polar surface area (TPSA) is 106 Å². The van der Waals surface area contributed by atoms with E-state index in [1.807, 2.05) is 22.5 Å². The predicted molar refractivity (Wildman–Crippen MR) is 185 cm³/mol. The zero-order valence-corrected chi connectivity index (χ0v) is 29.8. The number of nitrogens with one attached hydrogen (secondary N) is 1. The summed E-state index contributed by atoms with van der Waals surface area (Å²) in [6.45, 7) is 1.86. The SMILES string of the molecule is COC[C@@H](C)n1cc(-c2ccc(C(=O)NC3(C(=O)O)C4CC5CC(C4)CC3C5)c(C(F)(F)F)n2)c2ccc(O[C@H]3CC[C@H](N4CC(F)(F)C4)CC3)cc21. The highest BCUT2D eigenvalue weighted by Gasteiger charge is 2.62. The summed E-state index contributed by atoms with van der Waals surface area (Å²) in [5, 5.41) is 13.7. The second-order valence-corrected chi connectivity index (χ2v) is 16.3. The van der Waals surface area contributed by atoms with Crippen LogP contribution in [0.1, 0.15) is 86.8 Å². The molecule has 53 heavy (non-hydrogen) atoms. The molecule has 4 bridgehead atoms. The highest BCUT2D eigenvalue weighted by molar-refractivity contribution is 6.00. The normalized spacial score (nSPS) is 31.3. The first-order valence-corrected chi connectivity index (χ1v) is 18.7. The Bertz CT molecular complexity index is 1870. The zero-order valence-electron chi connectivity index (χ0n) is 29.8. The van der Waals surface area contributed by atoms with Crippen molar-refractivity contribution < 1.29 is 46.1 Å². The average Bonchev–Trinajstić information content (AvgIpc) is 3.47. The van der Waals surface area contributed by atoms with E-state index in [0.29, 0.717) is 66.3 Å². The van der Waals surface area contributed by atoms with Gasteiger partial charge in [-0.25, -0.2) is 18.6 Å². The number of benzene rings is 1. The first kappa shape index (κ1) is 36.2. The van der Waals surface area contributed by atoms with Crippen molar-refractivity contribution in [2.24, 2.45) is 23.7 Å². The molecule has 1 aliphatic heterocycles. The van der Waals surface area contributed by atoms with Gasteiger partial charge in [-0.1, -0.05) is 0 Å². The fourth-order valence-electron chi connectivity index (χ4n) is 10.5. The monoisotopic (exact) mass is 744 g/mol. The van der Waals surface area contributed by atoms with Crippen LogP contribution in [-0.2, 0) is 15.7 Å². The lowest BCUT2D eigenvalue weighted by atomic mass is 9.48. The van der Waals surface area contributed by atoms with Crippen molar-refractivity contribution in [3.8, 4) is 17.0 Å². The smallest absolute Gasteiger partial charge is 0.434 e. The Balaban J connectivity index is 1.07. The molecule has 14 heteroatoms. The molecule has 9 nitrogen and oxygen atoms in total. The number of aliphatic carboxylic acids is 1. The van der Waals surface area contributed by atoms with Gasteiger partial charge >= 0.3 is 12.1 Å². The lowest BCUT2D eigenvalue weighted by Crippen LogP contribution is -2.70. The Hall–Kier alpha value is -3.78. The number of hydrogen-bond acceptors (Lipinski definition) is 6. The third kappa shape index (κ3) is 6.47. The van der Waals surface area contributed by atoms with E-state index in [9.17, 15) is 36.6 Å². The standard InChI is InChI=1S/C39H45F5N4O5/c1-21(18-52-2)48-17-31(29-8-7-28(16-33(29)48)53-27-5-3-26(4-6-27)47-19-37(40,41)20-47)32-10-9-30(34(45-32)39(42,43)44)35(49)46-38(36(50)51)24-12-22-11-23(14-24)15-25(38)13-22/h7-10,16-17,21-27H,3-6,11-15,18-20H2,1-2H3,(H,46,49)(H,50,51)/t21-,22?,23?,24?,25?,26-,27-,38?/m1/s1. The summed E-state index contributed by atoms with van der Waals surface area (Å²) in [7, 11) is 1.56. The van der Waals surface area contributed by atoms with E-state index in [-0.39, 0.29) is 48.8 Å². The predicted octanol–water partition coefficient (Wildman–Crippen LogP) is 7.58. The summed E-state index contributed by atoms with van der Waals surface area (Å²) in [5.41, 5.74) is -2.57. The van der Waals surface area contributed by atoms with E-state index in [4.69, 9.17) is 9.47 Å². The molecule has 6 fully saturated rings. The molecule has 2 N–H and O–H groups in total. The number of rotatable bonds is 10. The molecular formula is C39H45F5N4O5. The van der Waals surface area contributed by atoms with Crippen LogP contribution in [0.2, 0.25) is 0 Å². The maximum absolute atomic E-state index is 14.7. The van der Waals surface area contributed by atoms with Gasteiger partial charge in [0.15, 0.2) is 5.69 Å². The number of carbonyl (C=O) groups is 2. The van der Waals surface area contributed by atoms with Crippen LogP contribution >= 0.6 is 0 Å². The molecule has 1 amide bonds. The van der Waals surface area contributed by atoms with Gasteiger partial charge in [0.1, 0.15) is 11.3 Å². The number of halogens is 5. The summed E-state index contributed by atoms with van der Waals surface area (Å²) in [6, 6.07) is 7.78. The van der Waals surface area contributed by atoms with Crippen molar-refractivity contribution in [3.63, 3.8) is 0 Å². The molecule has 0 spiro atoms. The number of amides is 1. The van der Waals surface area contributed by atoms with Crippen molar-refractivity contribution in [3.05, 3.63) is 47.8 Å². The Morgan fingerprint density at radius 2 is 1.66 bits per heavy atom. The molecule has 5 aliphatic carbocycles. The number of fused-ring (bicyclic) bond motifs is 1. The van der Waals surface area contributed by atoms with Crippen LogP contribution in [0.3, 0.4) is 0 Å². The van der Waals surface area contributed by atoms with Crippen LogP contribution in [0.4, 0.5) is 22.0 Å². The first-order chi connectivity index (χ1) is 25.1. The van der Waals surface area contributed by atoms with Crippen LogP contribution in [0.5, 0.6) is 5.75 Å². The maximum atomic E-state index is 14.7. The van der Waals surface area contributed by atoms with Crippen LogP contribution in [0, 0.1) is 23.7 Å². The van der Waals surface area contributed by atoms with Crippen LogP contribution in [0.15, 0.2) is 36.5 Å². The van der Waals surface area contributed by atoms with Gasteiger partial charge in [-0.2, -0.15) is 13.2 Å². The number of carboxylic acid groups (broad SMARTS) is 1. The zero-order chi connectivity index (χ0) is 37.4. The molecule has 9 rings (SSSR count). The Labute approximate surface area is 304 Å². The number of carbonyl (C=O) groups excluding carboxylic acids is 1. The number of ether oxygens (including phenoxy) is 2. The second-order valence-electron chi connectivity index (χ2n) is 16.3. The van der Waals surface area contributed by atoms with Crippen molar-refractivity contribution in [1.82, 2.24) is 19.8 Å². The quantitative estimate of drug-likeness (QED) is 0.206. The molecule has 2 aromatic heterocycles. The van der Waals surface area contributed by atoms with E-state index >= 15 is 0 Å². The summed E-state index contributed by atoms with van der Waals surface area (Å²) in [4.78, 5) is 32.5. The molecular weight excluding hydrogens is 699 g/mol. The number of likely N-dealkylation sites (tertiary alicyclic amines) is 1. The fraction of sp³-hybridized carbons (Fsp3) is 0.615. The lowest BCUT2D eigenvalue weighted by molar-refractivity contribution is -0.163. The molecule has 1 saturated heterocycles. The Morgan fingerprint density at radius 1 is 1.00 bits per heavy atom. The van der Waals surface area contributed by atoms with Gasteiger partial charge in [0.2, 0.25) is 0 Å². The minimum atomic E-state index is -5.00. The lowest BCUT2D eigenvalue weighted by Gasteiger charge is -2.59. The van der Waals surface area contributed by atoms with Gasteiger partial charge in [-0.3, -0.25) is 9.69 Å². The third-order valence-electron chi connectivity index (χ3n) is 12.8. The fourth-order valence-corrected chi connectivity index (χ4v) is 10.5. The second kappa shape index (κ2) is 13.2. The van der Waals surface area contributed by atoms with E-state index in [1.54, 1.807) is 25.4 Å². The minimum Gasteiger partial charge on any atom is -0.490 e. The molecule has 1 atom stereocenters. The van der Waals surface area contributed by atoms with E-state index in [1.165, 1.54) is 6.07 Å². The van der Waals surface area contributed by atoms with Crippen molar-refractivity contribution in [2.75, 3.05) is 26.8 Å². The molecule has 0 radical (unpaired) electrons. The number of alkyl halides is 5. The number of nitrogens with zero attached hydrogens (tertiary/aromatic N) is 3. The highest BCUT2D eigenvalue weighted by atomic mass is 19.4. The van der Waals surface area contributed by atoms with Gasteiger partial charge < -0.3 is 24.5 Å². The van der Waals surface area contributed by atoms with E-state index < -0.39 is 40.8 Å². The van der Waals surface area contributed by atoms with Gasteiger partial charge in [-0.05, 0) is 113 Å². The molecule has 3 heterocycles. The molecule has 0 unspecified atom stereocenters. The van der Waals surface area contributed by atoms with Crippen LogP contribution in [0.25, 0.3) is 22.2 Å². The van der Waals surface area contributed by atoms with E-state index in [2.05, 4.69) is 10.3 Å². The van der Waals surface area contributed by atoms with Gasteiger partial charge in [0.25, 0.3) is 11.8 Å². The first-order valence-electron chi connectivity index (χ1n) is 18.7. The number of pyridine rings is 1. The average molecular weight is 745 g/mol. The van der Waals surface area contributed by atoms with E-state index in [0.717, 1.165) is 38.2 Å². The summed E-state index contributed by atoms with van der Waals surface area (Å²) in [5.74, 6) is -4.16. The Kier molecular flexibility index (Phi) is 9.02. The van der Waals surface area contributed by atoms with Crippen molar-refractivity contribution in [2.45, 2.75) is 101 Å². The number of aromatic nitrogens is 2. The number of carboxylic acids is 1. The van der Waals surface area contributed by atoms with Crippen LogP contribution in [-0.4, -0.2) is 81.8 Å². The summed E-state index contributed by atoms with van der Waals surface area (Å²) in [6.07, 6.45) is 3.20. The summed E-state index contributed by atoms with van der Waals surface area (Å²) >= 11 is 0. The minimum absolute atomic E-state index is 0.00776. The molecule has 5 saturated carbocycles. The third-order valence-corrected chi connectivity index (χ3v) is 12.8. The van der Waals surface area contributed by atoms with Gasteiger partial charge in [0.05, 0.1) is 48.6 Å². The largest absolute Gasteiger partial charge is 0.490 e.